The van der Waals surface area contributed by atoms with Gasteiger partial charge in [-0.25, -0.2) is 8.42 Å². The molecule has 1 aromatic heterocycles. The highest BCUT2D eigenvalue weighted by molar-refractivity contribution is 9.13. The van der Waals surface area contributed by atoms with Crippen LogP contribution in [0.15, 0.2) is 36.7 Å². The molecule has 0 aliphatic carbocycles. The minimum Gasteiger partial charge on any atom is -0.495 e. The first kappa shape index (κ1) is 16.1. The Labute approximate surface area is 142 Å². The normalized spacial score (nSPS) is 11.4. The Morgan fingerprint density at radius 1 is 1.30 bits per heavy atom. The van der Waals surface area contributed by atoms with Crippen molar-refractivity contribution >= 4 is 70.5 Å². The van der Waals surface area contributed by atoms with Crippen molar-refractivity contribution in [2.75, 3.05) is 11.8 Å². The molecule has 2 aromatic rings. The van der Waals surface area contributed by atoms with Crippen molar-refractivity contribution in [2.45, 2.75) is 4.21 Å². The minimum atomic E-state index is -3.64. The molecular weight excluding hydrogens is 454 g/mol. The van der Waals surface area contributed by atoms with E-state index >= 15 is 0 Å². The molecule has 0 radical (unpaired) electrons. The summed E-state index contributed by atoms with van der Waals surface area (Å²) in [5.74, 6) is 0.483. The van der Waals surface area contributed by atoms with Gasteiger partial charge in [0.15, 0.2) is 0 Å². The van der Waals surface area contributed by atoms with E-state index in [1.54, 1.807) is 12.1 Å². The minimum absolute atomic E-state index is 0.197. The Kier molecular flexibility index (Phi) is 5.01. The van der Waals surface area contributed by atoms with E-state index in [9.17, 15) is 8.42 Å². The Balaban J connectivity index is 2.31. The van der Waals surface area contributed by atoms with Crippen molar-refractivity contribution in [2.24, 2.45) is 0 Å². The zero-order valence-corrected chi connectivity index (χ0v) is 15.5. The van der Waals surface area contributed by atoms with Gasteiger partial charge < -0.3 is 4.74 Å². The van der Waals surface area contributed by atoms with Crippen LogP contribution in [0.4, 0.5) is 5.69 Å². The summed E-state index contributed by atoms with van der Waals surface area (Å²) in [7, 11) is -2.15. The molecule has 0 aliphatic heterocycles. The van der Waals surface area contributed by atoms with Crippen LogP contribution in [0, 0.1) is 0 Å². The second-order valence-electron chi connectivity index (χ2n) is 3.64. The standard InChI is InChI=1S/C11H8Br2ClNO3S2/c1-18-9-3-2-6(4-8(9)14)15-20(16,17)10-5-7(12)11(13)19-10/h2-5,15H,1H3. The number of halogens is 3. The maximum atomic E-state index is 12.2. The van der Waals surface area contributed by atoms with Gasteiger partial charge >= 0.3 is 0 Å². The smallest absolute Gasteiger partial charge is 0.271 e. The second kappa shape index (κ2) is 6.23. The molecule has 1 N–H and O–H groups in total. The number of thiophene rings is 1. The maximum Gasteiger partial charge on any atom is 0.271 e. The first-order valence-electron chi connectivity index (χ1n) is 5.14. The second-order valence-corrected chi connectivity index (χ2v) is 9.18. The first-order chi connectivity index (χ1) is 9.33. The Bertz CT molecular complexity index is 727. The van der Waals surface area contributed by atoms with E-state index in [-0.39, 0.29) is 4.21 Å². The summed E-state index contributed by atoms with van der Waals surface area (Å²) < 4.78 is 33.5. The van der Waals surface area contributed by atoms with Crippen LogP contribution >= 0.6 is 54.8 Å². The average Bonchev–Trinajstić information content (AvgIpc) is 2.70. The summed E-state index contributed by atoms with van der Waals surface area (Å²) in [5.41, 5.74) is 0.372. The SMILES string of the molecule is COc1ccc(NS(=O)(=O)c2cc(Br)c(Br)s2)cc1Cl. The van der Waals surface area contributed by atoms with E-state index in [2.05, 4.69) is 36.6 Å². The highest BCUT2D eigenvalue weighted by atomic mass is 79.9. The van der Waals surface area contributed by atoms with Gasteiger partial charge in [0.2, 0.25) is 0 Å². The summed E-state index contributed by atoms with van der Waals surface area (Å²) in [6, 6.07) is 6.21. The number of sulfonamides is 1. The molecular formula is C11H8Br2ClNO3S2. The molecule has 20 heavy (non-hydrogen) atoms. The molecule has 9 heteroatoms. The van der Waals surface area contributed by atoms with Gasteiger partial charge in [-0.05, 0) is 56.1 Å². The van der Waals surface area contributed by atoms with Gasteiger partial charge in [-0.2, -0.15) is 0 Å². The molecule has 4 nitrogen and oxygen atoms in total. The van der Waals surface area contributed by atoms with Crippen molar-refractivity contribution < 1.29 is 13.2 Å². The van der Waals surface area contributed by atoms with Crippen LogP contribution in [-0.4, -0.2) is 15.5 Å². The van der Waals surface area contributed by atoms with Crippen molar-refractivity contribution in [3.63, 3.8) is 0 Å². The number of hydrogen-bond acceptors (Lipinski definition) is 4. The number of anilines is 1. The molecule has 0 saturated carbocycles. The van der Waals surface area contributed by atoms with Gasteiger partial charge in [-0.1, -0.05) is 11.6 Å². The lowest BCUT2D eigenvalue weighted by molar-refractivity contribution is 0.415. The van der Waals surface area contributed by atoms with Gasteiger partial charge in [0.1, 0.15) is 9.96 Å². The number of rotatable bonds is 4. The van der Waals surface area contributed by atoms with Gasteiger partial charge in [-0.15, -0.1) is 11.3 Å². The van der Waals surface area contributed by atoms with Crippen LogP contribution in [0.1, 0.15) is 0 Å². The van der Waals surface area contributed by atoms with Crippen LogP contribution in [0.2, 0.25) is 5.02 Å². The van der Waals surface area contributed by atoms with Crippen LogP contribution in [0.25, 0.3) is 0 Å². The highest BCUT2D eigenvalue weighted by Gasteiger charge is 2.19. The van der Waals surface area contributed by atoms with Gasteiger partial charge in [-0.3, -0.25) is 4.72 Å². The molecule has 0 unspecified atom stereocenters. The average molecular weight is 462 g/mol. The molecule has 1 heterocycles. The summed E-state index contributed by atoms with van der Waals surface area (Å²) in [6.45, 7) is 0. The fourth-order valence-corrected chi connectivity index (χ4v) is 5.52. The summed E-state index contributed by atoms with van der Waals surface area (Å²) >= 11 is 13.6. The lowest BCUT2D eigenvalue weighted by Crippen LogP contribution is -2.11. The first-order valence-corrected chi connectivity index (χ1v) is 9.41. The Morgan fingerprint density at radius 2 is 2.00 bits per heavy atom. The van der Waals surface area contributed by atoms with Crippen LogP contribution in [-0.2, 0) is 10.0 Å². The van der Waals surface area contributed by atoms with Gasteiger partial charge in [0, 0.05) is 4.47 Å². The van der Waals surface area contributed by atoms with Crippen molar-refractivity contribution in [1.29, 1.82) is 0 Å². The zero-order chi connectivity index (χ0) is 14.9. The lowest BCUT2D eigenvalue weighted by Gasteiger charge is -2.08. The van der Waals surface area contributed by atoms with E-state index < -0.39 is 10.0 Å². The van der Waals surface area contributed by atoms with Crippen LogP contribution in [0.5, 0.6) is 5.75 Å². The summed E-state index contributed by atoms with van der Waals surface area (Å²) in [4.78, 5) is 0. The molecule has 108 valence electrons. The van der Waals surface area contributed by atoms with E-state index in [1.165, 1.54) is 19.2 Å². The maximum absolute atomic E-state index is 12.2. The number of benzene rings is 1. The molecule has 0 amide bonds. The quantitative estimate of drug-likeness (QED) is 0.716. The molecule has 2 rings (SSSR count). The molecule has 0 bridgehead atoms. The van der Waals surface area contributed by atoms with Crippen molar-refractivity contribution in [3.8, 4) is 5.75 Å². The van der Waals surface area contributed by atoms with Gasteiger partial charge in [0.25, 0.3) is 10.0 Å². The van der Waals surface area contributed by atoms with E-state index in [0.29, 0.717) is 24.7 Å². The molecule has 0 fully saturated rings. The summed E-state index contributed by atoms with van der Waals surface area (Å²) in [5, 5.41) is 0.334. The molecule has 0 spiro atoms. The highest BCUT2D eigenvalue weighted by Crippen LogP contribution is 2.36. The predicted molar refractivity (Wildman–Crippen MR) is 88.5 cm³/mol. The Morgan fingerprint density at radius 3 is 2.50 bits per heavy atom. The van der Waals surface area contributed by atoms with Crippen LogP contribution in [0.3, 0.4) is 0 Å². The zero-order valence-electron chi connectivity index (χ0n) is 9.98. The predicted octanol–water partition coefficient (Wildman–Crippen LogP) is 4.74. The molecule has 0 aliphatic rings. The number of hydrogen-bond donors (Lipinski definition) is 1. The van der Waals surface area contributed by atoms with Gasteiger partial charge in [0.05, 0.1) is 21.6 Å². The third kappa shape index (κ3) is 3.48. The molecule has 0 saturated heterocycles. The fraction of sp³-hybridized carbons (Fsp3) is 0.0909. The molecule has 1 aromatic carbocycles. The topological polar surface area (TPSA) is 55.4 Å². The third-order valence-corrected chi connectivity index (χ3v) is 7.70. The van der Waals surface area contributed by atoms with E-state index in [4.69, 9.17) is 16.3 Å². The van der Waals surface area contributed by atoms with E-state index in [0.717, 1.165) is 11.3 Å². The monoisotopic (exact) mass is 459 g/mol. The van der Waals surface area contributed by atoms with Crippen molar-refractivity contribution in [1.82, 2.24) is 0 Å². The number of methoxy groups -OCH3 is 1. The number of ether oxygens (including phenoxy) is 1. The Hall–Kier alpha value is -0.280. The fourth-order valence-electron chi connectivity index (χ4n) is 1.39. The lowest BCUT2D eigenvalue weighted by atomic mass is 10.3. The molecule has 0 atom stereocenters. The largest absolute Gasteiger partial charge is 0.495 e. The third-order valence-electron chi connectivity index (χ3n) is 2.29. The van der Waals surface area contributed by atoms with E-state index in [1.807, 2.05) is 0 Å². The number of nitrogens with one attached hydrogen (secondary N) is 1. The summed E-state index contributed by atoms with van der Waals surface area (Å²) in [6.07, 6.45) is 0. The van der Waals surface area contributed by atoms with Crippen LogP contribution < -0.4 is 9.46 Å². The van der Waals surface area contributed by atoms with Crippen molar-refractivity contribution in [3.05, 3.63) is 37.5 Å².